The third-order valence-electron chi connectivity index (χ3n) is 4.17. The molecule has 1 unspecified atom stereocenters. The standard InChI is InChI=1S/C17H24F3N3O2/c1-16(2,3)14(21)15(24)22-11-7-8-23(10-11)12-5-4-6-13(9-12)25-17(18,19)20/h4-6,9,11,14H,7-8,10,21H2,1-3H3,(H,22,24)/t11?,14-/m1/s1. The third-order valence-corrected chi connectivity index (χ3v) is 4.17. The number of nitrogens with zero attached hydrogens (tertiary/aromatic N) is 1. The highest BCUT2D eigenvalue weighted by Gasteiger charge is 2.33. The van der Waals surface area contributed by atoms with E-state index in [1.807, 2.05) is 25.7 Å². The first-order chi connectivity index (χ1) is 11.5. The van der Waals surface area contributed by atoms with E-state index in [-0.39, 0.29) is 23.1 Å². The maximum absolute atomic E-state index is 12.3. The lowest BCUT2D eigenvalue weighted by molar-refractivity contribution is -0.274. The molecule has 1 saturated heterocycles. The van der Waals surface area contributed by atoms with Crippen LogP contribution < -0.4 is 20.7 Å². The first-order valence-corrected chi connectivity index (χ1v) is 8.12. The molecule has 2 rings (SSSR count). The highest BCUT2D eigenvalue weighted by molar-refractivity contribution is 5.82. The number of hydrogen-bond acceptors (Lipinski definition) is 4. The molecule has 1 fully saturated rings. The Morgan fingerprint density at radius 2 is 2.04 bits per heavy atom. The van der Waals surface area contributed by atoms with Crippen molar-refractivity contribution in [3.8, 4) is 5.75 Å². The van der Waals surface area contributed by atoms with Gasteiger partial charge in [0.1, 0.15) is 5.75 Å². The average molecular weight is 359 g/mol. The predicted octanol–water partition coefficient (Wildman–Crippen LogP) is 2.65. The minimum Gasteiger partial charge on any atom is -0.406 e. The van der Waals surface area contributed by atoms with Gasteiger partial charge < -0.3 is 20.7 Å². The van der Waals surface area contributed by atoms with Crippen LogP contribution in [-0.4, -0.2) is 37.4 Å². The zero-order chi connectivity index (χ0) is 18.8. The zero-order valence-corrected chi connectivity index (χ0v) is 14.6. The smallest absolute Gasteiger partial charge is 0.406 e. The predicted molar refractivity (Wildman–Crippen MR) is 89.3 cm³/mol. The summed E-state index contributed by atoms with van der Waals surface area (Å²) in [6.45, 7) is 6.82. The number of anilines is 1. The van der Waals surface area contributed by atoms with E-state index in [9.17, 15) is 18.0 Å². The topological polar surface area (TPSA) is 67.6 Å². The van der Waals surface area contributed by atoms with E-state index in [0.29, 0.717) is 25.2 Å². The van der Waals surface area contributed by atoms with Crippen molar-refractivity contribution in [2.75, 3.05) is 18.0 Å². The van der Waals surface area contributed by atoms with E-state index in [2.05, 4.69) is 10.1 Å². The normalized spacial score (nSPS) is 19.6. The second kappa shape index (κ2) is 7.11. The number of alkyl halides is 3. The lowest BCUT2D eigenvalue weighted by Gasteiger charge is -2.27. The Balaban J connectivity index is 1.97. The molecule has 140 valence electrons. The minimum absolute atomic E-state index is 0.0897. The summed E-state index contributed by atoms with van der Waals surface area (Å²) in [5, 5.41) is 2.92. The van der Waals surface area contributed by atoms with Crippen molar-refractivity contribution >= 4 is 11.6 Å². The molecule has 0 spiro atoms. The van der Waals surface area contributed by atoms with Gasteiger partial charge in [0.25, 0.3) is 0 Å². The molecule has 1 aromatic carbocycles. The van der Waals surface area contributed by atoms with Gasteiger partial charge in [0.05, 0.1) is 6.04 Å². The van der Waals surface area contributed by atoms with Crippen LogP contribution in [0.3, 0.4) is 0 Å². The van der Waals surface area contributed by atoms with Crippen LogP contribution in [0.5, 0.6) is 5.75 Å². The number of hydrogen-bond donors (Lipinski definition) is 2. The van der Waals surface area contributed by atoms with Crippen molar-refractivity contribution in [3.63, 3.8) is 0 Å². The van der Waals surface area contributed by atoms with Crippen molar-refractivity contribution in [1.82, 2.24) is 5.32 Å². The van der Waals surface area contributed by atoms with Gasteiger partial charge in [-0.15, -0.1) is 13.2 Å². The first-order valence-electron chi connectivity index (χ1n) is 8.12. The molecule has 1 heterocycles. The van der Waals surface area contributed by atoms with Crippen LogP contribution in [0.15, 0.2) is 24.3 Å². The van der Waals surface area contributed by atoms with Gasteiger partial charge in [0, 0.05) is 30.9 Å². The first kappa shape index (κ1) is 19.4. The number of amides is 1. The van der Waals surface area contributed by atoms with Crippen LogP contribution in [0.2, 0.25) is 0 Å². The molecule has 0 saturated carbocycles. The summed E-state index contributed by atoms with van der Waals surface area (Å²) in [5.41, 5.74) is 6.23. The maximum atomic E-state index is 12.3. The number of rotatable bonds is 4. The van der Waals surface area contributed by atoms with Gasteiger partial charge in [-0.05, 0) is 24.0 Å². The Morgan fingerprint density at radius 1 is 1.36 bits per heavy atom. The monoisotopic (exact) mass is 359 g/mol. The molecule has 0 aliphatic carbocycles. The van der Waals surface area contributed by atoms with Gasteiger partial charge in [0.2, 0.25) is 5.91 Å². The van der Waals surface area contributed by atoms with Gasteiger partial charge in [-0.3, -0.25) is 4.79 Å². The van der Waals surface area contributed by atoms with Crippen molar-refractivity contribution in [2.45, 2.75) is 45.6 Å². The summed E-state index contributed by atoms with van der Waals surface area (Å²) in [5.74, 6) is -0.472. The molecule has 1 aliphatic heterocycles. The highest BCUT2D eigenvalue weighted by atomic mass is 19.4. The van der Waals surface area contributed by atoms with E-state index in [1.165, 1.54) is 18.2 Å². The fraction of sp³-hybridized carbons (Fsp3) is 0.588. The second-order valence-electron chi connectivity index (χ2n) is 7.33. The summed E-state index contributed by atoms with van der Waals surface area (Å²) < 4.78 is 40.9. The average Bonchev–Trinajstić information content (AvgIpc) is 2.92. The number of nitrogens with one attached hydrogen (secondary N) is 1. The Labute approximate surface area is 145 Å². The number of nitrogens with two attached hydrogens (primary N) is 1. The van der Waals surface area contributed by atoms with Gasteiger partial charge in [-0.1, -0.05) is 26.8 Å². The second-order valence-corrected chi connectivity index (χ2v) is 7.33. The fourth-order valence-electron chi connectivity index (χ4n) is 2.67. The van der Waals surface area contributed by atoms with Crippen LogP contribution in [0.25, 0.3) is 0 Å². The molecule has 8 heteroatoms. The van der Waals surface area contributed by atoms with Crippen molar-refractivity contribution in [3.05, 3.63) is 24.3 Å². The Kier molecular flexibility index (Phi) is 5.51. The Morgan fingerprint density at radius 3 is 2.64 bits per heavy atom. The lowest BCUT2D eigenvalue weighted by atomic mass is 9.87. The fourth-order valence-corrected chi connectivity index (χ4v) is 2.67. The number of carbonyl (C=O) groups is 1. The van der Waals surface area contributed by atoms with Crippen LogP contribution in [0, 0.1) is 5.41 Å². The van der Waals surface area contributed by atoms with E-state index >= 15 is 0 Å². The van der Waals surface area contributed by atoms with E-state index < -0.39 is 12.4 Å². The van der Waals surface area contributed by atoms with Gasteiger partial charge >= 0.3 is 6.36 Å². The van der Waals surface area contributed by atoms with E-state index in [1.54, 1.807) is 6.07 Å². The summed E-state index contributed by atoms with van der Waals surface area (Å²) in [4.78, 5) is 14.1. The molecular weight excluding hydrogens is 335 g/mol. The minimum atomic E-state index is -4.72. The summed E-state index contributed by atoms with van der Waals surface area (Å²) in [7, 11) is 0. The lowest BCUT2D eigenvalue weighted by Crippen LogP contribution is -2.51. The maximum Gasteiger partial charge on any atom is 0.573 e. The van der Waals surface area contributed by atoms with Crippen molar-refractivity contribution in [1.29, 1.82) is 0 Å². The zero-order valence-electron chi connectivity index (χ0n) is 14.6. The molecule has 0 bridgehead atoms. The van der Waals surface area contributed by atoms with Crippen LogP contribution in [0.1, 0.15) is 27.2 Å². The number of benzene rings is 1. The van der Waals surface area contributed by atoms with Crippen molar-refractivity contribution in [2.24, 2.45) is 11.1 Å². The van der Waals surface area contributed by atoms with Crippen LogP contribution in [-0.2, 0) is 4.79 Å². The quantitative estimate of drug-likeness (QED) is 0.867. The number of carbonyl (C=O) groups excluding carboxylic acids is 1. The van der Waals surface area contributed by atoms with Gasteiger partial charge in [-0.25, -0.2) is 0 Å². The molecule has 2 atom stereocenters. The Hall–Kier alpha value is -1.96. The van der Waals surface area contributed by atoms with E-state index in [4.69, 9.17) is 5.73 Å². The van der Waals surface area contributed by atoms with Crippen LogP contribution in [0.4, 0.5) is 18.9 Å². The summed E-state index contributed by atoms with van der Waals surface area (Å²) >= 11 is 0. The van der Waals surface area contributed by atoms with Crippen LogP contribution >= 0.6 is 0 Å². The SMILES string of the molecule is CC(C)(C)[C@H](N)C(=O)NC1CCN(c2cccc(OC(F)(F)F)c2)C1. The number of halogens is 3. The molecule has 0 radical (unpaired) electrons. The number of ether oxygens (including phenoxy) is 1. The summed E-state index contributed by atoms with van der Waals surface area (Å²) in [6.07, 6.45) is -4.02. The highest BCUT2D eigenvalue weighted by Crippen LogP contribution is 2.28. The molecule has 1 amide bonds. The molecule has 25 heavy (non-hydrogen) atoms. The summed E-state index contributed by atoms with van der Waals surface area (Å²) in [6, 6.07) is 5.12. The molecule has 5 nitrogen and oxygen atoms in total. The molecule has 3 N–H and O–H groups in total. The van der Waals surface area contributed by atoms with Gasteiger partial charge in [0.15, 0.2) is 0 Å². The molecular formula is C17H24F3N3O2. The largest absolute Gasteiger partial charge is 0.573 e. The Bertz CT molecular complexity index is 614. The van der Waals surface area contributed by atoms with Gasteiger partial charge in [-0.2, -0.15) is 0 Å². The molecule has 1 aliphatic rings. The van der Waals surface area contributed by atoms with E-state index in [0.717, 1.165) is 0 Å². The molecule has 1 aromatic rings. The van der Waals surface area contributed by atoms with Crippen molar-refractivity contribution < 1.29 is 22.7 Å². The third kappa shape index (κ3) is 5.52. The molecule has 0 aromatic heterocycles.